The van der Waals surface area contributed by atoms with Crippen LogP contribution in [0, 0.1) is 11.2 Å². The summed E-state index contributed by atoms with van der Waals surface area (Å²) in [5.74, 6) is -0.569. The van der Waals surface area contributed by atoms with Crippen LogP contribution in [-0.2, 0) is 16.0 Å². The minimum atomic E-state index is -0.808. The Morgan fingerprint density at radius 3 is 2.92 bits per heavy atom. The third kappa shape index (κ3) is 2.65. The van der Waals surface area contributed by atoms with Crippen LogP contribution in [0.3, 0.4) is 0 Å². The van der Waals surface area contributed by atoms with E-state index in [0.717, 1.165) is 22.5 Å². The summed E-state index contributed by atoms with van der Waals surface area (Å²) >= 11 is 0. The molecule has 0 aliphatic heterocycles. The number of carbonyl (C=O) groups is 1. The van der Waals surface area contributed by atoms with Gasteiger partial charge >= 0.3 is 5.97 Å². The van der Waals surface area contributed by atoms with Gasteiger partial charge in [-0.3, -0.25) is 4.79 Å². The van der Waals surface area contributed by atoms with E-state index in [2.05, 4.69) is 5.10 Å². The van der Waals surface area contributed by atoms with E-state index < -0.39 is 11.5 Å². The monoisotopic (exact) mass is 356 g/mol. The minimum Gasteiger partial charge on any atom is -0.465 e. The Hall–Kier alpha value is -2.47. The first-order valence-electron chi connectivity index (χ1n) is 8.92. The fraction of sp³-hybridized carbons (Fsp3) is 0.400. The van der Waals surface area contributed by atoms with Gasteiger partial charge in [0.15, 0.2) is 0 Å². The topological polar surface area (TPSA) is 64.3 Å². The molecular weight excluding hydrogens is 335 g/mol. The van der Waals surface area contributed by atoms with Gasteiger partial charge in [0, 0.05) is 0 Å². The molecule has 0 saturated heterocycles. The van der Waals surface area contributed by atoms with Crippen LogP contribution in [0.2, 0.25) is 0 Å². The number of aliphatic hydroxyl groups excluding tert-OH is 1. The zero-order valence-electron chi connectivity index (χ0n) is 14.6. The van der Waals surface area contributed by atoms with Gasteiger partial charge in [0.05, 0.1) is 35.7 Å². The fourth-order valence-electron chi connectivity index (χ4n) is 4.11. The highest BCUT2D eigenvalue weighted by atomic mass is 19.1. The molecule has 1 heterocycles. The quantitative estimate of drug-likeness (QED) is 0.859. The van der Waals surface area contributed by atoms with Gasteiger partial charge in [-0.1, -0.05) is 5.57 Å². The summed E-state index contributed by atoms with van der Waals surface area (Å²) in [5, 5.41) is 14.6. The number of benzene rings is 1. The molecule has 2 aromatic rings. The van der Waals surface area contributed by atoms with Gasteiger partial charge in [-0.05, 0) is 68.5 Å². The Morgan fingerprint density at radius 2 is 2.19 bits per heavy atom. The van der Waals surface area contributed by atoms with Crippen molar-refractivity contribution < 1.29 is 19.0 Å². The number of hydrogen-bond donors (Lipinski definition) is 1. The van der Waals surface area contributed by atoms with Gasteiger partial charge in [0.2, 0.25) is 0 Å². The van der Waals surface area contributed by atoms with Crippen LogP contribution in [-0.4, -0.2) is 33.6 Å². The van der Waals surface area contributed by atoms with Crippen molar-refractivity contribution in [1.82, 2.24) is 9.78 Å². The Labute approximate surface area is 151 Å². The molecule has 136 valence electrons. The van der Waals surface area contributed by atoms with Crippen molar-refractivity contribution in [3.63, 3.8) is 0 Å². The van der Waals surface area contributed by atoms with Crippen LogP contribution in [0.1, 0.15) is 37.4 Å². The predicted octanol–water partition coefficient (Wildman–Crippen LogP) is 3.05. The second-order valence-electron chi connectivity index (χ2n) is 6.99. The molecule has 4 rings (SSSR count). The van der Waals surface area contributed by atoms with Crippen LogP contribution < -0.4 is 0 Å². The molecule has 0 unspecified atom stereocenters. The maximum absolute atomic E-state index is 13.2. The number of halogens is 1. The molecule has 0 spiro atoms. The van der Waals surface area contributed by atoms with Gasteiger partial charge in [-0.15, -0.1) is 0 Å². The molecule has 6 heteroatoms. The number of rotatable bonds is 3. The van der Waals surface area contributed by atoms with Gasteiger partial charge in [0.1, 0.15) is 5.82 Å². The van der Waals surface area contributed by atoms with E-state index in [-0.39, 0.29) is 11.8 Å². The van der Waals surface area contributed by atoms with Gasteiger partial charge in [-0.2, -0.15) is 5.10 Å². The Balaban J connectivity index is 1.78. The molecule has 2 aliphatic rings. The molecule has 1 N–H and O–H groups in total. The largest absolute Gasteiger partial charge is 0.465 e. The van der Waals surface area contributed by atoms with Crippen LogP contribution >= 0.6 is 0 Å². The summed E-state index contributed by atoms with van der Waals surface area (Å²) < 4.78 is 20.3. The van der Waals surface area contributed by atoms with Gasteiger partial charge < -0.3 is 9.84 Å². The standard InChI is InChI=1S/C20H21FN2O3/c1-2-26-19(25)20-10-13-12-22-23(16-6-4-15(21)5-7-16)18(13)9-14(20)3-8-17(24)11-20/h4-7,9,12,17,24H,2-3,8,10-11H2,1H3/t17-,20+/m1/s1. The highest BCUT2D eigenvalue weighted by Gasteiger charge is 2.49. The van der Waals surface area contributed by atoms with Gasteiger partial charge in [0.25, 0.3) is 0 Å². The van der Waals surface area contributed by atoms with Crippen LogP contribution in [0.5, 0.6) is 0 Å². The average Bonchev–Trinajstić information content (AvgIpc) is 3.03. The molecule has 2 aliphatic carbocycles. The lowest BCUT2D eigenvalue weighted by Crippen LogP contribution is -2.44. The zero-order valence-corrected chi connectivity index (χ0v) is 14.6. The lowest BCUT2D eigenvalue weighted by molar-refractivity contribution is -0.156. The Kier molecular flexibility index (Phi) is 4.15. The fourth-order valence-corrected chi connectivity index (χ4v) is 4.11. The van der Waals surface area contributed by atoms with Crippen molar-refractivity contribution in [2.75, 3.05) is 6.61 Å². The first-order chi connectivity index (χ1) is 12.5. The number of carbonyl (C=O) groups excluding carboxylic acids is 1. The third-order valence-electron chi connectivity index (χ3n) is 5.37. The summed E-state index contributed by atoms with van der Waals surface area (Å²) in [6.45, 7) is 2.10. The Morgan fingerprint density at radius 1 is 1.42 bits per heavy atom. The predicted molar refractivity (Wildman–Crippen MR) is 94.1 cm³/mol. The summed E-state index contributed by atoms with van der Waals surface area (Å²) in [7, 11) is 0. The van der Waals surface area contributed by atoms with E-state index in [0.29, 0.717) is 32.3 Å². The van der Waals surface area contributed by atoms with Crippen molar-refractivity contribution in [3.05, 3.63) is 53.1 Å². The SMILES string of the molecule is CCOC(=O)[C@]12Cc3cnn(-c4ccc(F)cc4)c3C=C1CC[C@@H](O)C2. The number of aliphatic hydroxyl groups is 1. The minimum absolute atomic E-state index is 0.273. The summed E-state index contributed by atoms with van der Waals surface area (Å²) in [6.07, 6.45) is 5.35. The number of esters is 1. The summed E-state index contributed by atoms with van der Waals surface area (Å²) in [6, 6.07) is 6.16. The van der Waals surface area contributed by atoms with Crippen LogP contribution in [0.4, 0.5) is 4.39 Å². The Bertz CT molecular complexity index is 872. The smallest absolute Gasteiger partial charge is 0.316 e. The second-order valence-corrected chi connectivity index (χ2v) is 6.99. The molecule has 1 fully saturated rings. The van der Waals surface area contributed by atoms with E-state index in [9.17, 15) is 14.3 Å². The molecule has 0 bridgehead atoms. The van der Waals surface area contributed by atoms with Crippen molar-refractivity contribution >= 4 is 12.0 Å². The normalized spacial score (nSPS) is 24.4. The lowest BCUT2D eigenvalue weighted by atomic mass is 9.63. The number of fused-ring (bicyclic) bond motifs is 2. The van der Waals surface area contributed by atoms with E-state index >= 15 is 0 Å². The maximum atomic E-state index is 13.2. The number of ether oxygens (including phenoxy) is 1. The maximum Gasteiger partial charge on any atom is 0.316 e. The molecule has 1 saturated carbocycles. The molecule has 1 aromatic carbocycles. The van der Waals surface area contributed by atoms with Crippen LogP contribution in [0.25, 0.3) is 11.8 Å². The summed E-state index contributed by atoms with van der Waals surface area (Å²) in [5.41, 5.74) is 2.78. The molecular formula is C20H21FN2O3. The first-order valence-corrected chi connectivity index (χ1v) is 8.92. The molecule has 0 radical (unpaired) electrons. The van der Waals surface area contributed by atoms with Crippen molar-refractivity contribution in [3.8, 4) is 5.69 Å². The zero-order chi connectivity index (χ0) is 18.3. The molecule has 1 aromatic heterocycles. The molecule has 5 nitrogen and oxygen atoms in total. The van der Waals surface area contributed by atoms with E-state index in [1.807, 2.05) is 6.08 Å². The highest BCUT2D eigenvalue weighted by Crippen LogP contribution is 2.49. The number of aromatic nitrogens is 2. The van der Waals surface area contributed by atoms with Crippen LogP contribution in [0.15, 0.2) is 36.0 Å². The summed E-state index contributed by atoms with van der Waals surface area (Å²) in [4.78, 5) is 12.8. The van der Waals surface area contributed by atoms with E-state index in [4.69, 9.17) is 4.74 Å². The van der Waals surface area contributed by atoms with Crippen molar-refractivity contribution in [1.29, 1.82) is 0 Å². The third-order valence-corrected chi connectivity index (χ3v) is 5.37. The lowest BCUT2D eigenvalue weighted by Gasteiger charge is -2.41. The van der Waals surface area contributed by atoms with E-state index in [1.165, 1.54) is 12.1 Å². The molecule has 26 heavy (non-hydrogen) atoms. The van der Waals surface area contributed by atoms with Gasteiger partial charge in [-0.25, -0.2) is 9.07 Å². The van der Waals surface area contributed by atoms with Crippen molar-refractivity contribution in [2.45, 2.75) is 38.7 Å². The van der Waals surface area contributed by atoms with Crippen molar-refractivity contribution in [2.24, 2.45) is 5.41 Å². The number of nitrogens with zero attached hydrogens (tertiary/aromatic N) is 2. The average molecular weight is 356 g/mol. The molecule has 0 amide bonds. The van der Waals surface area contributed by atoms with E-state index in [1.54, 1.807) is 29.9 Å². The molecule has 2 atom stereocenters. The number of hydrogen-bond acceptors (Lipinski definition) is 4. The first kappa shape index (κ1) is 17.0. The second kappa shape index (κ2) is 6.36. The highest BCUT2D eigenvalue weighted by molar-refractivity contribution is 5.85.